The number of carbonyl (C=O) groups is 1. The average Bonchev–Trinajstić information content (AvgIpc) is 2.42. The summed E-state index contributed by atoms with van der Waals surface area (Å²) >= 11 is 5.93. The summed E-state index contributed by atoms with van der Waals surface area (Å²) in [5.74, 6) is -0.394. The van der Waals surface area contributed by atoms with Gasteiger partial charge >= 0.3 is 5.97 Å². The van der Waals surface area contributed by atoms with E-state index in [1.54, 1.807) is 6.07 Å². The van der Waals surface area contributed by atoms with Crippen LogP contribution in [0.4, 0.5) is 4.39 Å². The molecule has 4 heteroatoms. The lowest BCUT2D eigenvalue weighted by Crippen LogP contribution is -2.33. The topological polar surface area (TPSA) is 37.3 Å². The zero-order chi connectivity index (χ0) is 15.6. The molecule has 1 aliphatic rings. The van der Waals surface area contributed by atoms with Crippen molar-refractivity contribution in [3.05, 3.63) is 34.6 Å². The summed E-state index contributed by atoms with van der Waals surface area (Å²) in [6, 6.07) is 4.50. The second-order valence-electron chi connectivity index (χ2n) is 6.46. The second-order valence-corrected chi connectivity index (χ2v) is 6.90. The molecule has 1 aromatic carbocycles. The third-order valence-electron chi connectivity index (χ3n) is 4.77. The van der Waals surface area contributed by atoms with E-state index in [4.69, 9.17) is 11.6 Å². The van der Waals surface area contributed by atoms with Crippen LogP contribution in [0.2, 0.25) is 5.02 Å². The molecule has 116 valence electrons. The molecule has 2 rings (SSSR count). The van der Waals surface area contributed by atoms with E-state index in [9.17, 15) is 14.3 Å². The fourth-order valence-corrected chi connectivity index (χ4v) is 3.63. The molecule has 3 unspecified atom stereocenters. The highest BCUT2D eigenvalue weighted by molar-refractivity contribution is 6.30. The monoisotopic (exact) mass is 312 g/mol. The van der Waals surface area contributed by atoms with Crippen molar-refractivity contribution >= 4 is 17.6 Å². The first-order chi connectivity index (χ1) is 9.88. The number of halogens is 2. The molecule has 0 aromatic heterocycles. The zero-order valence-corrected chi connectivity index (χ0v) is 13.2. The molecule has 3 atom stereocenters. The van der Waals surface area contributed by atoms with Gasteiger partial charge in [0.15, 0.2) is 0 Å². The molecule has 0 radical (unpaired) electrons. The molecule has 0 saturated heterocycles. The van der Waals surface area contributed by atoms with Crippen LogP contribution in [0.1, 0.15) is 38.7 Å². The fourth-order valence-electron chi connectivity index (χ4n) is 3.44. The average molecular weight is 313 g/mol. The summed E-state index contributed by atoms with van der Waals surface area (Å²) in [6.45, 7) is 4.34. The third kappa shape index (κ3) is 3.97. The molecule has 0 spiro atoms. The van der Waals surface area contributed by atoms with Crippen LogP contribution in [-0.4, -0.2) is 11.1 Å². The van der Waals surface area contributed by atoms with Gasteiger partial charge in [-0.1, -0.05) is 25.4 Å². The Morgan fingerprint density at radius 1 is 1.43 bits per heavy atom. The zero-order valence-electron chi connectivity index (χ0n) is 12.5. The van der Waals surface area contributed by atoms with Crippen molar-refractivity contribution in [3.8, 4) is 0 Å². The molecule has 1 fully saturated rings. The van der Waals surface area contributed by atoms with Gasteiger partial charge < -0.3 is 5.11 Å². The van der Waals surface area contributed by atoms with E-state index >= 15 is 0 Å². The molecule has 1 saturated carbocycles. The Morgan fingerprint density at radius 3 is 2.76 bits per heavy atom. The maximum atomic E-state index is 13.9. The normalized spacial score (nSPS) is 26.0. The lowest BCUT2D eigenvalue weighted by atomic mass is 9.69. The van der Waals surface area contributed by atoms with Gasteiger partial charge in [-0.05, 0) is 67.2 Å². The van der Waals surface area contributed by atoms with Crippen molar-refractivity contribution in [2.45, 2.75) is 39.5 Å². The van der Waals surface area contributed by atoms with Crippen molar-refractivity contribution in [2.75, 3.05) is 0 Å². The molecule has 0 aliphatic heterocycles. The van der Waals surface area contributed by atoms with Crippen molar-refractivity contribution < 1.29 is 14.3 Å². The van der Waals surface area contributed by atoms with E-state index in [2.05, 4.69) is 13.8 Å². The number of hydrogen-bond donors (Lipinski definition) is 1. The van der Waals surface area contributed by atoms with E-state index < -0.39 is 5.97 Å². The Morgan fingerprint density at radius 2 is 2.14 bits per heavy atom. The van der Waals surface area contributed by atoms with Gasteiger partial charge in [0.05, 0.1) is 5.92 Å². The Labute approximate surface area is 130 Å². The van der Waals surface area contributed by atoms with Gasteiger partial charge in [-0.15, -0.1) is 0 Å². The van der Waals surface area contributed by atoms with Gasteiger partial charge in [0.1, 0.15) is 5.82 Å². The number of carboxylic acids is 1. The molecular formula is C17H22ClFO2. The summed E-state index contributed by atoms with van der Waals surface area (Å²) in [7, 11) is 0. The second kappa shape index (κ2) is 6.78. The fraction of sp³-hybridized carbons (Fsp3) is 0.588. The summed E-state index contributed by atoms with van der Waals surface area (Å²) in [4.78, 5) is 11.5. The van der Waals surface area contributed by atoms with E-state index in [1.807, 2.05) is 0 Å². The predicted molar refractivity (Wildman–Crippen MR) is 81.9 cm³/mol. The number of carboxylic acid groups (broad SMARTS) is 1. The Hall–Kier alpha value is -1.09. The van der Waals surface area contributed by atoms with E-state index in [0.29, 0.717) is 35.3 Å². The van der Waals surface area contributed by atoms with Crippen molar-refractivity contribution in [3.63, 3.8) is 0 Å². The number of rotatable bonds is 4. The van der Waals surface area contributed by atoms with Crippen LogP contribution in [0.5, 0.6) is 0 Å². The summed E-state index contributed by atoms with van der Waals surface area (Å²) < 4.78 is 13.9. The molecule has 2 nitrogen and oxygen atoms in total. The van der Waals surface area contributed by atoms with Gasteiger partial charge in [0, 0.05) is 5.02 Å². The van der Waals surface area contributed by atoms with Crippen LogP contribution < -0.4 is 0 Å². The minimum absolute atomic E-state index is 0.0170. The Kier molecular flexibility index (Phi) is 5.26. The van der Waals surface area contributed by atoms with Gasteiger partial charge in [0.2, 0.25) is 0 Å². The van der Waals surface area contributed by atoms with Crippen LogP contribution in [0.3, 0.4) is 0 Å². The van der Waals surface area contributed by atoms with Crippen molar-refractivity contribution in [2.24, 2.45) is 23.7 Å². The smallest absolute Gasteiger partial charge is 0.306 e. The highest BCUT2D eigenvalue weighted by Gasteiger charge is 2.36. The van der Waals surface area contributed by atoms with Gasteiger partial charge in [-0.3, -0.25) is 4.79 Å². The lowest BCUT2D eigenvalue weighted by Gasteiger charge is -2.36. The van der Waals surface area contributed by atoms with Crippen LogP contribution in [0, 0.1) is 29.5 Å². The molecular weight excluding hydrogens is 291 g/mol. The summed E-state index contributed by atoms with van der Waals surface area (Å²) in [5, 5.41) is 9.91. The van der Waals surface area contributed by atoms with Crippen LogP contribution in [0.25, 0.3) is 0 Å². The maximum Gasteiger partial charge on any atom is 0.306 e. The maximum absolute atomic E-state index is 13.9. The molecule has 1 N–H and O–H groups in total. The molecule has 0 amide bonds. The van der Waals surface area contributed by atoms with Crippen molar-refractivity contribution in [1.29, 1.82) is 0 Å². The predicted octanol–water partition coefficient (Wildman–Crippen LogP) is 4.79. The number of benzene rings is 1. The first kappa shape index (κ1) is 16.3. The Balaban J connectivity index is 2.19. The molecule has 0 heterocycles. The van der Waals surface area contributed by atoms with E-state index in [-0.39, 0.29) is 17.7 Å². The van der Waals surface area contributed by atoms with E-state index in [1.165, 1.54) is 12.1 Å². The third-order valence-corrected chi connectivity index (χ3v) is 5.01. The quantitative estimate of drug-likeness (QED) is 0.867. The highest BCUT2D eigenvalue weighted by atomic mass is 35.5. The lowest BCUT2D eigenvalue weighted by molar-refractivity contribution is -0.145. The minimum atomic E-state index is -0.760. The van der Waals surface area contributed by atoms with Crippen LogP contribution in [0.15, 0.2) is 18.2 Å². The minimum Gasteiger partial charge on any atom is -0.481 e. The summed E-state index contributed by atoms with van der Waals surface area (Å²) in [6.07, 6.45) is 2.93. The highest BCUT2D eigenvalue weighted by Crippen LogP contribution is 2.39. The summed E-state index contributed by atoms with van der Waals surface area (Å²) in [5.41, 5.74) is 0.531. The van der Waals surface area contributed by atoms with E-state index in [0.717, 1.165) is 12.8 Å². The largest absolute Gasteiger partial charge is 0.481 e. The number of hydrogen-bond acceptors (Lipinski definition) is 1. The van der Waals surface area contributed by atoms with Gasteiger partial charge in [-0.25, -0.2) is 4.39 Å². The standard InChI is InChI=1S/C17H22ClFO2/c1-10(2)11-3-5-15(17(20)21)12(7-11)8-13-9-14(18)4-6-16(13)19/h4,6,9-12,15H,3,5,7-8H2,1-2H3,(H,20,21). The first-order valence-corrected chi connectivity index (χ1v) is 7.93. The number of aliphatic carboxylic acids is 1. The first-order valence-electron chi connectivity index (χ1n) is 7.55. The van der Waals surface area contributed by atoms with Gasteiger partial charge in [0.25, 0.3) is 0 Å². The molecule has 1 aliphatic carbocycles. The molecule has 1 aromatic rings. The molecule has 0 bridgehead atoms. The van der Waals surface area contributed by atoms with Crippen molar-refractivity contribution in [1.82, 2.24) is 0 Å². The Bertz CT molecular complexity index is 516. The van der Waals surface area contributed by atoms with Gasteiger partial charge in [-0.2, -0.15) is 0 Å². The van der Waals surface area contributed by atoms with Crippen LogP contribution in [-0.2, 0) is 11.2 Å². The molecule has 21 heavy (non-hydrogen) atoms. The van der Waals surface area contributed by atoms with Crippen LogP contribution >= 0.6 is 11.6 Å². The SMILES string of the molecule is CC(C)C1CCC(C(=O)O)C(Cc2cc(Cl)ccc2F)C1.